The first-order chi connectivity index (χ1) is 11.6. The van der Waals surface area contributed by atoms with Crippen molar-refractivity contribution >= 4 is 23.5 Å². The van der Waals surface area contributed by atoms with Crippen LogP contribution in [0.4, 0.5) is 0 Å². The number of aromatic nitrogens is 1. The number of carbonyl (C=O) groups excluding carboxylic acids is 1. The largest absolute Gasteiger partial charge is 0.481 e. The fourth-order valence-electron chi connectivity index (χ4n) is 2.60. The quantitative estimate of drug-likeness (QED) is 0.909. The van der Waals surface area contributed by atoms with E-state index in [0.717, 1.165) is 0 Å². The van der Waals surface area contributed by atoms with Crippen LogP contribution in [0.5, 0.6) is 0 Å². The highest BCUT2D eigenvalue weighted by atomic mass is 35.5. The van der Waals surface area contributed by atoms with E-state index in [1.54, 1.807) is 24.3 Å². The van der Waals surface area contributed by atoms with Crippen LogP contribution in [0.2, 0.25) is 5.02 Å². The zero-order chi connectivity index (χ0) is 17.1. The highest BCUT2D eigenvalue weighted by molar-refractivity contribution is 6.33. The molecule has 2 aromatic rings. The Morgan fingerprint density at radius 1 is 1.38 bits per heavy atom. The summed E-state index contributed by atoms with van der Waals surface area (Å²) in [5.41, 5.74) is 0.747. The fraction of sp³-hybridized carbons (Fsp3) is 0.312. The van der Waals surface area contributed by atoms with E-state index in [1.165, 1.54) is 11.0 Å². The van der Waals surface area contributed by atoms with E-state index in [0.29, 0.717) is 29.5 Å². The van der Waals surface area contributed by atoms with E-state index < -0.39 is 12.0 Å². The van der Waals surface area contributed by atoms with Gasteiger partial charge in [0.2, 0.25) is 0 Å². The van der Waals surface area contributed by atoms with Crippen LogP contribution < -0.4 is 0 Å². The second-order valence-corrected chi connectivity index (χ2v) is 5.79. The normalized spacial score (nSPS) is 17.7. The average molecular weight is 351 g/mol. The van der Waals surface area contributed by atoms with E-state index in [2.05, 4.69) is 5.16 Å². The standard InChI is InChI=1S/C16H15ClN2O5/c17-12-4-2-1-3-11(12)14-8-13(18-24-14)16(22)19-5-6-23-9-10(19)7-15(20)21/h1-4,8,10H,5-7,9H2,(H,20,21). The van der Waals surface area contributed by atoms with Gasteiger partial charge >= 0.3 is 5.97 Å². The number of benzene rings is 1. The van der Waals surface area contributed by atoms with Gasteiger partial charge in [0.05, 0.1) is 30.7 Å². The van der Waals surface area contributed by atoms with E-state index in [4.69, 9.17) is 26.0 Å². The Labute approximate surface area is 142 Å². The molecule has 1 aromatic heterocycles. The van der Waals surface area contributed by atoms with Gasteiger partial charge in [0.15, 0.2) is 11.5 Å². The zero-order valence-electron chi connectivity index (χ0n) is 12.6. The van der Waals surface area contributed by atoms with Crippen LogP contribution in [0.25, 0.3) is 11.3 Å². The first kappa shape index (κ1) is 16.5. The molecule has 24 heavy (non-hydrogen) atoms. The van der Waals surface area contributed by atoms with E-state index in [-0.39, 0.29) is 24.6 Å². The number of aliphatic carboxylic acids is 1. The minimum atomic E-state index is -0.986. The Hall–Kier alpha value is -2.38. The van der Waals surface area contributed by atoms with Crippen LogP contribution in [-0.2, 0) is 9.53 Å². The predicted molar refractivity (Wildman–Crippen MR) is 84.8 cm³/mol. The number of hydrogen-bond donors (Lipinski definition) is 1. The van der Waals surface area contributed by atoms with E-state index >= 15 is 0 Å². The summed E-state index contributed by atoms with van der Waals surface area (Å²) in [6, 6.07) is 8.06. The maximum absolute atomic E-state index is 12.6. The molecule has 1 saturated heterocycles. The summed E-state index contributed by atoms with van der Waals surface area (Å²) in [6.45, 7) is 0.857. The SMILES string of the molecule is O=C(O)CC1COCCN1C(=O)c1cc(-c2ccccc2Cl)on1. The number of ether oxygens (including phenoxy) is 1. The van der Waals surface area contributed by atoms with Crippen LogP contribution in [-0.4, -0.2) is 52.8 Å². The lowest BCUT2D eigenvalue weighted by Crippen LogP contribution is -2.49. The molecule has 0 spiro atoms. The van der Waals surface area contributed by atoms with Gasteiger partial charge < -0.3 is 19.3 Å². The molecular weight excluding hydrogens is 336 g/mol. The second kappa shape index (κ2) is 7.02. The average Bonchev–Trinajstić information content (AvgIpc) is 3.04. The Bertz CT molecular complexity index is 760. The Balaban J connectivity index is 1.82. The van der Waals surface area contributed by atoms with Crippen molar-refractivity contribution < 1.29 is 24.0 Å². The summed E-state index contributed by atoms with van der Waals surface area (Å²) in [7, 11) is 0. The first-order valence-corrected chi connectivity index (χ1v) is 7.76. The van der Waals surface area contributed by atoms with Crippen molar-refractivity contribution in [1.82, 2.24) is 10.1 Å². The Morgan fingerprint density at radius 2 is 2.17 bits per heavy atom. The van der Waals surface area contributed by atoms with E-state index in [1.807, 2.05) is 0 Å². The molecule has 0 aliphatic carbocycles. The third-order valence-electron chi connectivity index (χ3n) is 3.77. The number of carboxylic acid groups (broad SMARTS) is 1. The summed E-state index contributed by atoms with van der Waals surface area (Å²) in [5.74, 6) is -0.987. The lowest BCUT2D eigenvalue weighted by molar-refractivity contribution is -0.139. The number of carbonyl (C=O) groups is 2. The van der Waals surface area contributed by atoms with Crippen molar-refractivity contribution in [2.24, 2.45) is 0 Å². The van der Waals surface area contributed by atoms with Gasteiger partial charge in [-0.1, -0.05) is 28.9 Å². The van der Waals surface area contributed by atoms with Crippen LogP contribution in [0, 0.1) is 0 Å². The van der Waals surface area contributed by atoms with Crippen molar-refractivity contribution in [1.29, 1.82) is 0 Å². The summed E-state index contributed by atoms with van der Waals surface area (Å²) in [6.07, 6.45) is -0.180. The molecule has 7 nitrogen and oxygen atoms in total. The molecule has 1 N–H and O–H groups in total. The lowest BCUT2D eigenvalue weighted by Gasteiger charge is -2.34. The minimum Gasteiger partial charge on any atom is -0.481 e. The summed E-state index contributed by atoms with van der Waals surface area (Å²) in [4.78, 5) is 25.1. The monoisotopic (exact) mass is 350 g/mol. The maximum atomic E-state index is 12.6. The third kappa shape index (κ3) is 3.42. The molecule has 0 bridgehead atoms. The molecule has 3 rings (SSSR count). The molecule has 0 radical (unpaired) electrons. The third-order valence-corrected chi connectivity index (χ3v) is 4.10. The molecule has 0 saturated carbocycles. The lowest BCUT2D eigenvalue weighted by atomic mass is 10.1. The number of morpholine rings is 1. The van der Waals surface area contributed by atoms with Crippen molar-refractivity contribution in [3.63, 3.8) is 0 Å². The molecule has 1 fully saturated rings. The molecule has 126 valence electrons. The number of nitrogens with zero attached hydrogens (tertiary/aromatic N) is 2. The van der Waals surface area contributed by atoms with Crippen LogP contribution in [0.3, 0.4) is 0 Å². The number of hydrogen-bond acceptors (Lipinski definition) is 5. The fourth-order valence-corrected chi connectivity index (χ4v) is 2.83. The molecular formula is C16H15ClN2O5. The molecule has 1 unspecified atom stereocenters. The van der Waals surface area contributed by atoms with Crippen molar-refractivity contribution in [2.75, 3.05) is 19.8 Å². The topological polar surface area (TPSA) is 92.9 Å². The van der Waals surface area contributed by atoms with Gasteiger partial charge in [0.25, 0.3) is 5.91 Å². The van der Waals surface area contributed by atoms with Crippen LogP contribution in [0.15, 0.2) is 34.9 Å². The van der Waals surface area contributed by atoms with Crippen molar-refractivity contribution in [3.8, 4) is 11.3 Å². The Kier molecular flexibility index (Phi) is 4.82. The van der Waals surface area contributed by atoms with E-state index in [9.17, 15) is 9.59 Å². The van der Waals surface area contributed by atoms with Crippen molar-refractivity contribution in [2.45, 2.75) is 12.5 Å². The van der Waals surface area contributed by atoms with Gasteiger partial charge in [0, 0.05) is 18.2 Å². The highest BCUT2D eigenvalue weighted by Gasteiger charge is 2.31. The maximum Gasteiger partial charge on any atom is 0.305 e. The van der Waals surface area contributed by atoms with Gasteiger partial charge in [-0.2, -0.15) is 0 Å². The summed E-state index contributed by atoms with van der Waals surface area (Å²) >= 11 is 6.11. The number of halogens is 1. The van der Waals surface area contributed by atoms with Crippen LogP contribution in [0.1, 0.15) is 16.9 Å². The van der Waals surface area contributed by atoms with Gasteiger partial charge in [0.1, 0.15) is 0 Å². The second-order valence-electron chi connectivity index (χ2n) is 5.38. The molecule has 8 heteroatoms. The highest BCUT2D eigenvalue weighted by Crippen LogP contribution is 2.28. The molecule has 1 aromatic carbocycles. The molecule has 2 heterocycles. The molecule has 1 atom stereocenters. The van der Waals surface area contributed by atoms with Crippen molar-refractivity contribution in [3.05, 3.63) is 41.0 Å². The summed E-state index contributed by atoms with van der Waals surface area (Å²) in [5, 5.41) is 13.3. The van der Waals surface area contributed by atoms with Gasteiger partial charge in [-0.3, -0.25) is 9.59 Å². The number of rotatable bonds is 4. The number of amides is 1. The summed E-state index contributed by atoms with van der Waals surface area (Å²) < 4.78 is 10.5. The smallest absolute Gasteiger partial charge is 0.305 e. The number of carboxylic acids is 1. The minimum absolute atomic E-state index is 0.113. The zero-order valence-corrected chi connectivity index (χ0v) is 13.4. The molecule has 1 amide bonds. The van der Waals surface area contributed by atoms with Gasteiger partial charge in [-0.05, 0) is 12.1 Å². The predicted octanol–water partition coefficient (Wildman–Crippen LogP) is 2.31. The first-order valence-electron chi connectivity index (χ1n) is 7.38. The molecule has 1 aliphatic heterocycles. The van der Waals surface area contributed by atoms with Gasteiger partial charge in [-0.25, -0.2) is 0 Å². The van der Waals surface area contributed by atoms with Crippen LogP contribution >= 0.6 is 11.6 Å². The Morgan fingerprint density at radius 3 is 2.92 bits per heavy atom. The van der Waals surface area contributed by atoms with Gasteiger partial charge in [-0.15, -0.1) is 0 Å². The molecule has 1 aliphatic rings.